The van der Waals surface area contributed by atoms with E-state index in [-0.39, 0.29) is 11.9 Å². The predicted octanol–water partition coefficient (Wildman–Crippen LogP) is 3.48. The van der Waals surface area contributed by atoms with E-state index in [0.717, 1.165) is 16.7 Å². The molecular formula is C17H20F4N4OS. The van der Waals surface area contributed by atoms with Crippen LogP contribution >= 0.6 is 11.3 Å². The standard InChI is InChI=1S/C17H20F4N4OS/c1-11(26-13-5-3-12(18)4-6-13)9-24-16(22-2)23-8-7-15-25-14(10-27-15)17(19,20)21/h3-6,10-11H,7-9H2,1-2H3,(H2,22,23,24). The molecule has 2 aromatic rings. The Balaban J connectivity index is 1.72. The maximum atomic E-state index is 12.9. The van der Waals surface area contributed by atoms with Crippen molar-refractivity contribution in [3.63, 3.8) is 0 Å². The van der Waals surface area contributed by atoms with E-state index in [2.05, 4.69) is 20.6 Å². The lowest BCUT2D eigenvalue weighted by Gasteiger charge is -2.17. The zero-order valence-electron chi connectivity index (χ0n) is 14.8. The average molecular weight is 404 g/mol. The summed E-state index contributed by atoms with van der Waals surface area (Å²) in [6.07, 6.45) is -4.27. The van der Waals surface area contributed by atoms with Crippen molar-refractivity contribution in [2.24, 2.45) is 4.99 Å². The molecule has 0 aliphatic carbocycles. The fourth-order valence-electron chi connectivity index (χ4n) is 2.09. The SMILES string of the molecule is CN=C(NCCc1nc(C(F)(F)F)cs1)NCC(C)Oc1ccc(F)cc1. The van der Waals surface area contributed by atoms with E-state index >= 15 is 0 Å². The smallest absolute Gasteiger partial charge is 0.434 e. The Hall–Kier alpha value is -2.36. The topological polar surface area (TPSA) is 58.5 Å². The van der Waals surface area contributed by atoms with Crippen LogP contribution in [0.15, 0.2) is 34.6 Å². The molecule has 10 heteroatoms. The lowest BCUT2D eigenvalue weighted by Crippen LogP contribution is -2.42. The highest BCUT2D eigenvalue weighted by atomic mass is 32.1. The van der Waals surface area contributed by atoms with Gasteiger partial charge in [0.2, 0.25) is 0 Å². The summed E-state index contributed by atoms with van der Waals surface area (Å²) in [5, 5.41) is 7.48. The molecular weight excluding hydrogens is 384 g/mol. The summed E-state index contributed by atoms with van der Waals surface area (Å²) in [5.74, 6) is 0.718. The number of hydrogen-bond acceptors (Lipinski definition) is 4. The van der Waals surface area contributed by atoms with Crippen LogP contribution in [-0.2, 0) is 12.6 Å². The van der Waals surface area contributed by atoms with Gasteiger partial charge in [-0.1, -0.05) is 0 Å². The Morgan fingerprint density at radius 3 is 2.56 bits per heavy atom. The van der Waals surface area contributed by atoms with Crippen molar-refractivity contribution in [3.8, 4) is 5.75 Å². The highest BCUT2D eigenvalue weighted by molar-refractivity contribution is 7.09. The van der Waals surface area contributed by atoms with Crippen LogP contribution in [0.1, 0.15) is 17.6 Å². The van der Waals surface area contributed by atoms with Crippen molar-refractivity contribution in [2.45, 2.75) is 25.6 Å². The van der Waals surface area contributed by atoms with Gasteiger partial charge in [0.15, 0.2) is 11.7 Å². The largest absolute Gasteiger partial charge is 0.489 e. The van der Waals surface area contributed by atoms with Gasteiger partial charge in [0.1, 0.15) is 17.7 Å². The average Bonchev–Trinajstić information content (AvgIpc) is 3.09. The fraction of sp³-hybridized carbons (Fsp3) is 0.412. The zero-order chi connectivity index (χ0) is 19.9. The number of nitrogens with one attached hydrogen (secondary N) is 2. The maximum absolute atomic E-state index is 12.9. The summed E-state index contributed by atoms with van der Waals surface area (Å²) in [5.41, 5.74) is -0.864. The summed E-state index contributed by atoms with van der Waals surface area (Å²) in [6, 6.07) is 5.72. The first kappa shape index (κ1) is 20.9. The van der Waals surface area contributed by atoms with Gasteiger partial charge in [-0.25, -0.2) is 9.37 Å². The summed E-state index contributed by atoms with van der Waals surface area (Å²) < 4.78 is 56.1. The van der Waals surface area contributed by atoms with Gasteiger partial charge in [0.25, 0.3) is 0 Å². The number of ether oxygens (including phenoxy) is 1. The predicted molar refractivity (Wildman–Crippen MR) is 96.7 cm³/mol. The van der Waals surface area contributed by atoms with Crippen molar-refractivity contribution < 1.29 is 22.3 Å². The first-order valence-electron chi connectivity index (χ1n) is 8.16. The molecule has 0 aliphatic rings. The number of benzene rings is 1. The third-order valence-corrected chi connectivity index (χ3v) is 4.31. The number of aliphatic imine (C=N–C) groups is 1. The number of thiazole rings is 1. The molecule has 148 valence electrons. The number of hydrogen-bond donors (Lipinski definition) is 2. The second kappa shape index (κ2) is 9.54. The van der Waals surface area contributed by atoms with Crippen LogP contribution in [0.4, 0.5) is 17.6 Å². The van der Waals surface area contributed by atoms with E-state index in [1.54, 1.807) is 19.2 Å². The van der Waals surface area contributed by atoms with Crippen LogP contribution in [-0.4, -0.2) is 37.2 Å². The molecule has 1 heterocycles. The minimum atomic E-state index is -4.42. The fourth-order valence-corrected chi connectivity index (χ4v) is 2.90. The summed E-state index contributed by atoms with van der Waals surface area (Å²) >= 11 is 0.978. The monoisotopic (exact) mass is 404 g/mol. The van der Waals surface area contributed by atoms with Gasteiger partial charge in [-0.3, -0.25) is 4.99 Å². The second-order valence-electron chi connectivity index (χ2n) is 5.64. The number of aromatic nitrogens is 1. The molecule has 0 spiro atoms. The van der Waals surface area contributed by atoms with E-state index in [1.165, 1.54) is 12.1 Å². The lowest BCUT2D eigenvalue weighted by atomic mass is 10.3. The molecule has 1 atom stereocenters. The van der Waals surface area contributed by atoms with E-state index in [0.29, 0.717) is 36.2 Å². The molecule has 1 aromatic heterocycles. The molecule has 0 fully saturated rings. The summed E-state index contributed by atoms with van der Waals surface area (Å²) in [4.78, 5) is 7.62. The number of alkyl halides is 3. The highest BCUT2D eigenvalue weighted by Crippen LogP contribution is 2.29. The van der Waals surface area contributed by atoms with E-state index in [4.69, 9.17) is 4.74 Å². The molecule has 27 heavy (non-hydrogen) atoms. The summed E-state index contributed by atoms with van der Waals surface area (Å²) in [7, 11) is 1.59. The molecule has 1 unspecified atom stereocenters. The first-order valence-corrected chi connectivity index (χ1v) is 9.04. The highest BCUT2D eigenvalue weighted by Gasteiger charge is 2.33. The molecule has 2 rings (SSSR count). The van der Waals surface area contributed by atoms with Crippen LogP contribution in [0.3, 0.4) is 0 Å². The normalized spacial score (nSPS) is 13.3. The molecule has 0 aliphatic heterocycles. The van der Waals surface area contributed by atoms with Crippen molar-refractivity contribution in [3.05, 3.63) is 46.2 Å². The Morgan fingerprint density at radius 2 is 1.96 bits per heavy atom. The van der Waals surface area contributed by atoms with Gasteiger partial charge < -0.3 is 15.4 Å². The Kier molecular flexibility index (Phi) is 7.40. The van der Waals surface area contributed by atoms with Crippen LogP contribution in [0.25, 0.3) is 0 Å². The third kappa shape index (κ3) is 7.05. The number of halogens is 4. The molecule has 5 nitrogen and oxygen atoms in total. The maximum Gasteiger partial charge on any atom is 0.434 e. The van der Waals surface area contributed by atoms with E-state index < -0.39 is 11.9 Å². The van der Waals surface area contributed by atoms with Crippen molar-refractivity contribution >= 4 is 17.3 Å². The Labute approximate surface area is 158 Å². The van der Waals surface area contributed by atoms with Crippen molar-refractivity contribution in [2.75, 3.05) is 20.1 Å². The minimum absolute atomic E-state index is 0.206. The molecule has 1 aromatic carbocycles. The molecule has 0 saturated heterocycles. The number of guanidine groups is 1. The molecule has 0 amide bonds. The first-order chi connectivity index (χ1) is 12.8. The van der Waals surface area contributed by atoms with Crippen molar-refractivity contribution in [1.82, 2.24) is 15.6 Å². The Morgan fingerprint density at radius 1 is 1.26 bits per heavy atom. The van der Waals surface area contributed by atoms with Gasteiger partial charge in [-0.15, -0.1) is 11.3 Å². The zero-order valence-corrected chi connectivity index (χ0v) is 15.6. The van der Waals surface area contributed by atoms with Crippen LogP contribution < -0.4 is 15.4 Å². The van der Waals surface area contributed by atoms with Crippen LogP contribution in [0, 0.1) is 5.82 Å². The quantitative estimate of drug-likeness (QED) is 0.422. The summed E-state index contributed by atoms with van der Waals surface area (Å²) in [6.45, 7) is 2.67. The van der Waals surface area contributed by atoms with Gasteiger partial charge >= 0.3 is 6.18 Å². The molecule has 0 saturated carbocycles. The molecule has 2 N–H and O–H groups in total. The van der Waals surface area contributed by atoms with Gasteiger partial charge in [0, 0.05) is 25.4 Å². The molecule has 0 radical (unpaired) electrons. The van der Waals surface area contributed by atoms with Gasteiger partial charge in [0.05, 0.1) is 11.6 Å². The van der Waals surface area contributed by atoms with E-state index in [9.17, 15) is 17.6 Å². The van der Waals surface area contributed by atoms with Crippen molar-refractivity contribution in [1.29, 1.82) is 0 Å². The van der Waals surface area contributed by atoms with Gasteiger partial charge in [-0.2, -0.15) is 13.2 Å². The lowest BCUT2D eigenvalue weighted by molar-refractivity contribution is -0.140. The Bertz CT molecular complexity index is 746. The number of nitrogens with zero attached hydrogens (tertiary/aromatic N) is 2. The molecule has 0 bridgehead atoms. The van der Waals surface area contributed by atoms with Crippen LogP contribution in [0.2, 0.25) is 0 Å². The number of rotatable bonds is 7. The third-order valence-electron chi connectivity index (χ3n) is 3.40. The minimum Gasteiger partial charge on any atom is -0.489 e. The van der Waals surface area contributed by atoms with Crippen LogP contribution in [0.5, 0.6) is 5.75 Å². The van der Waals surface area contributed by atoms with Gasteiger partial charge in [-0.05, 0) is 31.2 Å². The second-order valence-corrected chi connectivity index (χ2v) is 6.58. The van der Waals surface area contributed by atoms with E-state index in [1.807, 2.05) is 6.92 Å².